The summed E-state index contributed by atoms with van der Waals surface area (Å²) in [6.45, 7) is 6.61. The Morgan fingerprint density at radius 2 is 0.476 bits per heavy atom. The molecule has 0 amide bonds. The fraction of sp³-hybridized carbons (Fsp3) is 0.855. The van der Waals surface area contributed by atoms with E-state index in [0.717, 1.165) is 89.9 Å². The van der Waals surface area contributed by atoms with Gasteiger partial charge in [-0.15, -0.1) is 0 Å². The van der Waals surface area contributed by atoms with Gasteiger partial charge in [0.05, 0.1) is 0 Å². The van der Waals surface area contributed by atoms with Crippen LogP contribution in [-0.2, 0) is 28.6 Å². The van der Waals surface area contributed by atoms with E-state index in [1.807, 2.05) is 0 Å². The molecule has 0 fully saturated rings. The zero-order valence-corrected chi connectivity index (χ0v) is 55.3. The zero-order valence-electron chi connectivity index (χ0n) is 55.3. The van der Waals surface area contributed by atoms with E-state index < -0.39 is 6.10 Å². The first kappa shape index (κ1) is 79.4. The monoisotopic (exact) mass is 1150 g/mol. The van der Waals surface area contributed by atoms with Gasteiger partial charge in [0.1, 0.15) is 13.2 Å². The third-order valence-corrected chi connectivity index (χ3v) is 16.6. The first-order valence-corrected chi connectivity index (χ1v) is 36.6. The first-order valence-electron chi connectivity index (χ1n) is 36.6. The highest BCUT2D eigenvalue weighted by atomic mass is 16.6. The fourth-order valence-electron chi connectivity index (χ4n) is 11.1. The molecule has 0 heterocycles. The molecule has 82 heavy (non-hydrogen) atoms. The van der Waals surface area contributed by atoms with Crippen molar-refractivity contribution in [1.29, 1.82) is 0 Å². The van der Waals surface area contributed by atoms with Crippen LogP contribution in [0.1, 0.15) is 400 Å². The molecule has 0 bridgehead atoms. The Bertz CT molecular complexity index is 1410. The fourth-order valence-corrected chi connectivity index (χ4v) is 11.1. The predicted molar refractivity (Wildman–Crippen MR) is 358 cm³/mol. The number of allylic oxidation sites excluding steroid dienone is 8. The van der Waals surface area contributed by atoms with Crippen molar-refractivity contribution in [2.45, 2.75) is 406 Å². The van der Waals surface area contributed by atoms with Crippen LogP contribution < -0.4 is 0 Å². The predicted octanol–water partition coefficient (Wildman–Crippen LogP) is 25.3. The van der Waals surface area contributed by atoms with Gasteiger partial charge < -0.3 is 14.2 Å². The van der Waals surface area contributed by atoms with Crippen LogP contribution in [-0.4, -0.2) is 37.2 Å². The lowest BCUT2D eigenvalue weighted by molar-refractivity contribution is -0.167. The van der Waals surface area contributed by atoms with Crippen molar-refractivity contribution >= 4 is 17.9 Å². The van der Waals surface area contributed by atoms with Gasteiger partial charge in [0.2, 0.25) is 0 Å². The molecule has 480 valence electrons. The number of unbranched alkanes of at least 4 members (excludes halogenated alkanes) is 49. The van der Waals surface area contributed by atoms with E-state index in [-0.39, 0.29) is 31.1 Å². The summed E-state index contributed by atoms with van der Waals surface area (Å²) in [5, 5.41) is 0. The summed E-state index contributed by atoms with van der Waals surface area (Å²) in [6, 6.07) is 0. The molecule has 0 rings (SSSR count). The maximum atomic E-state index is 13.0. The van der Waals surface area contributed by atoms with Crippen molar-refractivity contribution in [1.82, 2.24) is 0 Å². The Kier molecular flexibility index (Phi) is 68.6. The standard InChI is InChI=1S/C76H140O6/c1-4-7-10-13-16-19-22-25-28-31-34-37-38-40-42-45-48-51-54-57-60-63-66-69-75(78)81-72-73(71-80-74(77)68-65-62-59-56-53-50-47-44-41-36-33-30-27-24-21-18-15-12-9-6-3)82-76(79)70-67-64-61-58-55-52-49-46-43-39-35-32-29-26-23-20-17-14-11-8-5-2/h8,11,17,20,26,29,35,39,73H,4-7,9-10,12-16,18-19,21-25,27-28,30-34,36-38,40-72H2,1-3H3/b11-8-,20-17-,29-26-,39-35-. The second-order valence-corrected chi connectivity index (χ2v) is 24.8. The summed E-state index contributed by atoms with van der Waals surface area (Å²) in [7, 11) is 0. The van der Waals surface area contributed by atoms with E-state index >= 15 is 0 Å². The van der Waals surface area contributed by atoms with Crippen LogP contribution in [0.4, 0.5) is 0 Å². The lowest BCUT2D eigenvalue weighted by Gasteiger charge is -2.18. The molecular formula is C76H140O6. The average Bonchev–Trinajstić information content (AvgIpc) is 3.47. The molecule has 0 saturated heterocycles. The maximum absolute atomic E-state index is 13.0. The normalized spacial score (nSPS) is 12.3. The second-order valence-electron chi connectivity index (χ2n) is 24.8. The number of carbonyl (C=O) groups excluding carboxylic acids is 3. The number of esters is 3. The van der Waals surface area contributed by atoms with Gasteiger partial charge in [0.25, 0.3) is 0 Å². The van der Waals surface area contributed by atoms with E-state index in [1.54, 1.807) is 0 Å². The molecule has 0 aliphatic rings. The van der Waals surface area contributed by atoms with Gasteiger partial charge in [-0.25, -0.2) is 0 Å². The maximum Gasteiger partial charge on any atom is 0.306 e. The molecule has 1 unspecified atom stereocenters. The van der Waals surface area contributed by atoms with Crippen LogP contribution in [0, 0.1) is 0 Å². The molecule has 0 aromatic heterocycles. The molecule has 0 aliphatic carbocycles. The van der Waals surface area contributed by atoms with Gasteiger partial charge in [0, 0.05) is 19.3 Å². The van der Waals surface area contributed by atoms with E-state index in [9.17, 15) is 14.4 Å². The SMILES string of the molecule is CC/C=C\C/C=C\C/C=C\C/C=C\CCCCCCCCCCC(=O)OC(COC(=O)CCCCCCCCCCCCCCCCCCCCCC)COC(=O)CCCCCCCCCCCCCCCCCCCCCCCCC. The highest BCUT2D eigenvalue weighted by Crippen LogP contribution is 2.19. The van der Waals surface area contributed by atoms with Gasteiger partial charge in [-0.1, -0.05) is 371 Å². The molecular weight excluding hydrogens is 1010 g/mol. The summed E-state index contributed by atoms with van der Waals surface area (Å²) in [6.07, 6.45) is 90.0. The van der Waals surface area contributed by atoms with Crippen LogP contribution >= 0.6 is 0 Å². The third-order valence-electron chi connectivity index (χ3n) is 16.6. The van der Waals surface area contributed by atoms with Crippen LogP contribution in [0.2, 0.25) is 0 Å². The number of hydrogen-bond acceptors (Lipinski definition) is 6. The molecule has 0 aromatic carbocycles. The van der Waals surface area contributed by atoms with Gasteiger partial charge in [-0.2, -0.15) is 0 Å². The van der Waals surface area contributed by atoms with Crippen molar-refractivity contribution in [3.05, 3.63) is 48.6 Å². The largest absolute Gasteiger partial charge is 0.462 e. The molecule has 0 spiro atoms. The number of rotatable bonds is 68. The minimum atomic E-state index is -0.777. The zero-order chi connectivity index (χ0) is 59.2. The summed E-state index contributed by atoms with van der Waals surface area (Å²) in [4.78, 5) is 38.5. The lowest BCUT2D eigenvalue weighted by atomic mass is 10.0. The van der Waals surface area contributed by atoms with E-state index in [0.29, 0.717) is 19.3 Å². The lowest BCUT2D eigenvalue weighted by Crippen LogP contribution is -2.30. The third kappa shape index (κ3) is 68.2. The van der Waals surface area contributed by atoms with Crippen molar-refractivity contribution in [2.24, 2.45) is 0 Å². The molecule has 0 aliphatic heterocycles. The molecule has 6 nitrogen and oxygen atoms in total. The topological polar surface area (TPSA) is 78.9 Å². The highest BCUT2D eigenvalue weighted by molar-refractivity contribution is 5.71. The summed E-state index contributed by atoms with van der Waals surface area (Å²) < 4.78 is 17.0. The Morgan fingerprint density at radius 3 is 0.744 bits per heavy atom. The Hall–Kier alpha value is -2.63. The van der Waals surface area contributed by atoms with Crippen LogP contribution in [0.3, 0.4) is 0 Å². The molecule has 0 radical (unpaired) electrons. The quantitative estimate of drug-likeness (QED) is 0.0261. The van der Waals surface area contributed by atoms with Crippen molar-refractivity contribution < 1.29 is 28.6 Å². The summed E-state index contributed by atoms with van der Waals surface area (Å²) >= 11 is 0. The van der Waals surface area contributed by atoms with Crippen LogP contribution in [0.5, 0.6) is 0 Å². The molecule has 0 N–H and O–H groups in total. The van der Waals surface area contributed by atoms with Gasteiger partial charge >= 0.3 is 17.9 Å². The summed E-state index contributed by atoms with van der Waals surface area (Å²) in [5.41, 5.74) is 0. The average molecular weight is 1150 g/mol. The second kappa shape index (κ2) is 70.9. The Morgan fingerprint density at radius 1 is 0.256 bits per heavy atom. The van der Waals surface area contributed by atoms with Crippen LogP contribution in [0.25, 0.3) is 0 Å². The van der Waals surface area contributed by atoms with Gasteiger partial charge in [-0.3, -0.25) is 14.4 Å². The summed E-state index contributed by atoms with van der Waals surface area (Å²) in [5.74, 6) is -0.846. The minimum Gasteiger partial charge on any atom is -0.462 e. The van der Waals surface area contributed by atoms with Crippen molar-refractivity contribution in [2.75, 3.05) is 13.2 Å². The van der Waals surface area contributed by atoms with Gasteiger partial charge in [0.15, 0.2) is 6.10 Å². The van der Waals surface area contributed by atoms with E-state index in [2.05, 4.69) is 69.4 Å². The first-order chi connectivity index (χ1) is 40.5. The number of ether oxygens (including phenoxy) is 3. The number of hydrogen-bond donors (Lipinski definition) is 0. The molecule has 0 saturated carbocycles. The van der Waals surface area contributed by atoms with Crippen LogP contribution in [0.15, 0.2) is 48.6 Å². The van der Waals surface area contributed by atoms with E-state index in [1.165, 1.54) is 270 Å². The Labute approximate surface area is 511 Å². The Balaban J connectivity index is 4.32. The smallest absolute Gasteiger partial charge is 0.306 e. The minimum absolute atomic E-state index is 0.0706. The number of carbonyl (C=O) groups is 3. The van der Waals surface area contributed by atoms with Gasteiger partial charge in [-0.05, 0) is 57.8 Å². The molecule has 1 atom stereocenters. The van der Waals surface area contributed by atoms with Crippen molar-refractivity contribution in [3.8, 4) is 0 Å². The van der Waals surface area contributed by atoms with E-state index in [4.69, 9.17) is 14.2 Å². The highest BCUT2D eigenvalue weighted by Gasteiger charge is 2.19. The molecule has 6 heteroatoms. The van der Waals surface area contributed by atoms with Crippen molar-refractivity contribution in [3.63, 3.8) is 0 Å². The molecule has 0 aromatic rings.